The van der Waals surface area contributed by atoms with Gasteiger partial charge in [0, 0.05) is 27.2 Å². The first-order chi connectivity index (χ1) is 12.8. The fourth-order valence-electron chi connectivity index (χ4n) is 2.22. The van der Waals surface area contributed by atoms with Crippen LogP contribution in [0.5, 0.6) is 11.5 Å². The summed E-state index contributed by atoms with van der Waals surface area (Å²) in [6, 6.07) is 12.6. The van der Waals surface area contributed by atoms with Gasteiger partial charge in [0.15, 0.2) is 11.6 Å². The maximum absolute atomic E-state index is 13.5. The zero-order valence-electron chi connectivity index (χ0n) is 15.8. The van der Waals surface area contributed by atoms with Crippen molar-refractivity contribution in [3.05, 3.63) is 54.3 Å². The van der Waals surface area contributed by atoms with Crippen molar-refractivity contribution >= 4 is 10.0 Å². The summed E-state index contributed by atoms with van der Waals surface area (Å²) in [6.45, 7) is 2.08. The van der Waals surface area contributed by atoms with Gasteiger partial charge in [-0.3, -0.25) is 4.90 Å². The molecule has 2 aromatic rings. The number of halogens is 1. The summed E-state index contributed by atoms with van der Waals surface area (Å²) in [7, 11) is 1.47. The third kappa shape index (κ3) is 6.20. The van der Waals surface area contributed by atoms with E-state index < -0.39 is 10.0 Å². The Balaban J connectivity index is 1.72. The smallest absolute Gasteiger partial charge is 0.242 e. The van der Waals surface area contributed by atoms with Crippen LogP contribution >= 0.6 is 0 Å². The molecule has 0 heterocycles. The molecule has 0 aliphatic carbocycles. The van der Waals surface area contributed by atoms with Crippen LogP contribution < -0.4 is 9.47 Å². The summed E-state index contributed by atoms with van der Waals surface area (Å²) in [5.74, 6) is 0.474. The van der Waals surface area contributed by atoms with E-state index in [4.69, 9.17) is 9.47 Å². The summed E-state index contributed by atoms with van der Waals surface area (Å²) in [6.07, 6.45) is 0. The van der Waals surface area contributed by atoms with Crippen molar-refractivity contribution in [1.29, 1.82) is 0 Å². The van der Waals surface area contributed by atoms with Gasteiger partial charge in [0.2, 0.25) is 10.0 Å². The van der Waals surface area contributed by atoms with Crippen LogP contribution in [0.1, 0.15) is 0 Å². The van der Waals surface area contributed by atoms with Gasteiger partial charge in [0.05, 0.1) is 4.90 Å². The van der Waals surface area contributed by atoms with E-state index in [-0.39, 0.29) is 16.5 Å². The topological polar surface area (TPSA) is 59.1 Å². The number of rotatable bonds is 10. The molecule has 0 unspecified atom stereocenters. The molecule has 0 aliphatic rings. The quantitative estimate of drug-likeness (QED) is 0.618. The number of sulfonamides is 1. The van der Waals surface area contributed by atoms with Gasteiger partial charge in [0.25, 0.3) is 0 Å². The molecule has 0 spiro atoms. The number of hydrogen-bond donors (Lipinski definition) is 0. The maximum atomic E-state index is 13.5. The number of para-hydroxylation sites is 1. The molecule has 2 rings (SSSR count). The highest BCUT2D eigenvalue weighted by atomic mass is 32.2. The Hall–Kier alpha value is -2.16. The van der Waals surface area contributed by atoms with Gasteiger partial charge >= 0.3 is 0 Å². The molecule has 0 amide bonds. The molecule has 0 saturated carbocycles. The van der Waals surface area contributed by atoms with E-state index in [0.29, 0.717) is 32.1 Å². The minimum absolute atomic E-state index is 0.224. The lowest BCUT2D eigenvalue weighted by Gasteiger charge is -2.17. The van der Waals surface area contributed by atoms with Crippen LogP contribution in [-0.2, 0) is 10.0 Å². The monoisotopic (exact) mass is 396 g/mol. The van der Waals surface area contributed by atoms with Crippen molar-refractivity contribution in [3.63, 3.8) is 0 Å². The molecule has 0 saturated heterocycles. The van der Waals surface area contributed by atoms with Crippen LogP contribution in [-0.4, -0.2) is 65.1 Å². The molecule has 0 atom stereocenters. The normalized spacial score (nSPS) is 11.8. The van der Waals surface area contributed by atoms with Gasteiger partial charge in [-0.2, -0.15) is 0 Å². The van der Waals surface area contributed by atoms with E-state index in [1.165, 1.54) is 36.6 Å². The van der Waals surface area contributed by atoms with Crippen LogP contribution in [0, 0.1) is 5.82 Å². The molecule has 6 nitrogen and oxygen atoms in total. The predicted octanol–water partition coefficient (Wildman–Crippen LogP) is 2.47. The van der Waals surface area contributed by atoms with Gasteiger partial charge in [-0.05, 0) is 43.4 Å². The van der Waals surface area contributed by atoms with E-state index in [0.717, 1.165) is 0 Å². The summed E-state index contributed by atoms with van der Waals surface area (Å²) in [4.78, 5) is 2.23. The number of ether oxygens (including phenoxy) is 2. The number of likely N-dealkylation sites (N-methyl/N-ethyl adjacent to an activating group) is 1. The summed E-state index contributed by atoms with van der Waals surface area (Å²) >= 11 is 0. The average Bonchev–Trinajstić information content (AvgIpc) is 2.63. The van der Waals surface area contributed by atoms with E-state index >= 15 is 0 Å². The third-order valence-corrected chi connectivity index (χ3v) is 5.74. The molecule has 27 heavy (non-hydrogen) atoms. The SMILES string of the molecule is CN(CCOc1ccc(S(=O)(=O)N(C)C)cc1)CCOc1ccccc1F. The lowest BCUT2D eigenvalue weighted by atomic mass is 10.3. The lowest BCUT2D eigenvalue weighted by Crippen LogP contribution is -2.28. The molecule has 0 radical (unpaired) electrons. The van der Waals surface area contributed by atoms with Gasteiger partial charge in [-0.25, -0.2) is 17.1 Å². The number of hydrogen-bond acceptors (Lipinski definition) is 5. The Labute approximate surface area is 160 Å². The van der Waals surface area contributed by atoms with Crippen molar-refractivity contribution in [3.8, 4) is 11.5 Å². The lowest BCUT2D eigenvalue weighted by molar-refractivity contribution is 0.199. The largest absolute Gasteiger partial charge is 0.492 e. The Morgan fingerprint density at radius 1 is 0.889 bits per heavy atom. The fraction of sp³-hybridized carbons (Fsp3) is 0.368. The van der Waals surface area contributed by atoms with Gasteiger partial charge in [0.1, 0.15) is 19.0 Å². The molecular formula is C19H25FN2O4S. The van der Waals surface area contributed by atoms with E-state index in [2.05, 4.69) is 0 Å². The first-order valence-corrected chi connectivity index (χ1v) is 9.96. The first kappa shape index (κ1) is 21.1. The molecule has 0 aliphatic heterocycles. The molecular weight excluding hydrogens is 371 g/mol. The van der Waals surface area contributed by atoms with Crippen LogP contribution in [0.3, 0.4) is 0 Å². The minimum atomic E-state index is -3.43. The van der Waals surface area contributed by atoms with Crippen molar-refractivity contribution in [2.75, 3.05) is 47.4 Å². The third-order valence-electron chi connectivity index (χ3n) is 3.91. The van der Waals surface area contributed by atoms with E-state index in [1.807, 2.05) is 11.9 Å². The number of benzene rings is 2. The van der Waals surface area contributed by atoms with Crippen LogP contribution in [0.25, 0.3) is 0 Å². The summed E-state index contributed by atoms with van der Waals surface area (Å²) in [5.41, 5.74) is 0. The molecule has 0 N–H and O–H groups in total. The van der Waals surface area contributed by atoms with Gasteiger partial charge in [-0.15, -0.1) is 0 Å². The zero-order chi connectivity index (χ0) is 19.9. The zero-order valence-corrected chi connectivity index (χ0v) is 16.6. The molecule has 0 bridgehead atoms. The van der Waals surface area contributed by atoms with Crippen LogP contribution in [0.4, 0.5) is 4.39 Å². The standard InChI is InChI=1S/C19H25FN2O4S/c1-21(2)27(23,24)17-10-8-16(9-11-17)25-14-12-22(3)13-15-26-19-7-5-4-6-18(19)20/h4-11H,12-15H2,1-3H3. The van der Waals surface area contributed by atoms with Crippen LogP contribution in [0.2, 0.25) is 0 Å². The number of nitrogens with zero attached hydrogens (tertiary/aromatic N) is 2. The average molecular weight is 396 g/mol. The summed E-state index contributed by atoms with van der Waals surface area (Å²) < 4.78 is 49.7. The highest BCUT2D eigenvalue weighted by molar-refractivity contribution is 7.89. The fourth-order valence-corrected chi connectivity index (χ4v) is 3.12. The highest BCUT2D eigenvalue weighted by Gasteiger charge is 2.16. The Morgan fingerprint density at radius 2 is 1.48 bits per heavy atom. The van der Waals surface area contributed by atoms with Crippen molar-refractivity contribution in [2.24, 2.45) is 0 Å². The first-order valence-electron chi connectivity index (χ1n) is 8.52. The minimum Gasteiger partial charge on any atom is -0.492 e. The second-order valence-electron chi connectivity index (χ2n) is 6.19. The molecule has 0 aromatic heterocycles. The molecule has 2 aromatic carbocycles. The maximum Gasteiger partial charge on any atom is 0.242 e. The Morgan fingerprint density at radius 3 is 2.07 bits per heavy atom. The van der Waals surface area contributed by atoms with Crippen molar-refractivity contribution in [1.82, 2.24) is 9.21 Å². The molecule has 0 fully saturated rings. The van der Waals surface area contributed by atoms with Crippen molar-refractivity contribution in [2.45, 2.75) is 4.90 Å². The van der Waals surface area contributed by atoms with E-state index in [9.17, 15) is 12.8 Å². The highest BCUT2D eigenvalue weighted by Crippen LogP contribution is 2.18. The van der Waals surface area contributed by atoms with E-state index in [1.54, 1.807) is 30.3 Å². The molecule has 148 valence electrons. The predicted molar refractivity (Wildman–Crippen MR) is 102 cm³/mol. The second kappa shape index (κ2) is 9.68. The summed E-state index contributed by atoms with van der Waals surface area (Å²) in [5, 5.41) is 0. The van der Waals surface area contributed by atoms with Gasteiger partial charge < -0.3 is 9.47 Å². The second-order valence-corrected chi connectivity index (χ2v) is 8.34. The van der Waals surface area contributed by atoms with Crippen LogP contribution in [0.15, 0.2) is 53.4 Å². The Bertz CT molecular complexity index is 826. The Kier molecular flexibility index (Phi) is 7.58. The van der Waals surface area contributed by atoms with Crippen molar-refractivity contribution < 1.29 is 22.3 Å². The van der Waals surface area contributed by atoms with Gasteiger partial charge in [-0.1, -0.05) is 12.1 Å². The molecule has 8 heteroatoms.